The average molecular weight is 341 g/mol. The van der Waals surface area contributed by atoms with E-state index in [2.05, 4.69) is 101 Å². The number of hydrogen-bond donors (Lipinski definition) is 0. The molecule has 1 heteroatoms. The maximum Gasteiger partial charge on any atom is 0.0541 e. The van der Waals surface area contributed by atoms with Gasteiger partial charge in [0.05, 0.1) is 16.7 Å². The molecule has 1 aromatic heterocycles. The maximum atomic E-state index is 2.46. The predicted octanol–water partition coefficient (Wildman–Crippen LogP) is 7.01. The first-order valence-electron chi connectivity index (χ1n) is 9.39. The van der Waals surface area contributed by atoms with E-state index in [-0.39, 0.29) is 5.41 Å². The van der Waals surface area contributed by atoms with Gasteiger partial charge in [0.1, 0.15) is 0 Å². The molecular formula is C25H27N. The van der Waals surface area contributed by atoms with Gasteiger partial charge in [-0.2, -0.15) is 0 Å². The van der Waals surface area contributed by atoms with Gasteiger partial charge in [0, 0.05) is 10.8 Å². The van der Waals surface area contributed by atoms with E-state index >= 15 is 0 Å². The minimum absolute atomic E-state index is 0.0823. The fourth-order valence-corrected chi connectivity index (χ4v) is 4.32. The number of benzene rings is 3. The Kier molecular flexibility index (Phi) is 3.73. The summed E-state index contributed by atoms with van der Waals surface area (Å²) in [6, 6.07) is 20.3. The summed E-state index contributed by atoms with van der Waals surface area (Å²) < 4.78 is 2.46. The first-order chi connectivity index (χ1) is 12.3. The van der Waals surface area contributed by atoms with E-state index in [9.17, 15) is 0 Å². The van der Waals surface area contributed by atoms with E-state index in [1.165, 1.54) is 49.7 Å². The smallest absolute Gasteiger partial charge is 0.0541 e. The average Bonchev–Trinajstić information content (AvgIpc) is 2.86. The molecule has 0 bridgehead atoms. The minimum atomic E-state index is 0.0823. The highest BCUT2D eigenvalue weighted by atomic mass is 15.0. The Labute approximate surface area is 156 Å². The lowest BCUT2D eigenvalue weighted by molar-refractivity contribution is 0.583. The Morgan fingerprint density at radius 1 is 0.692 bits per heavy atom. The van der Waals surface area contributed by atoms with E-state index in [4.69, 9.17) is 0 Å². The SMILES string of the molecule is Cc1ccc2c(c1)c1cc(C)ccc1n2-c1cccc(C)c1C(C)(C)C. The van der Waals surface area contributed by atoms with Crippen LogP contribution in [0.15, 0.2) is 54.6 Å². The third-order valence-electron chi connectivity index (χ3n) is 5.32. The van der Waals surface area contributed by atoms with Crippen LogP contribution in [-0.2, 0) is 5.41 Å². The van der Waals surface area contributed by atoms with Crippen LogP contribution in [0.1, 0.15) is 43.0 Å². The number of hydrogen-bond acceptors (Lipinski definition) is 0. The van der Waals surface area contributed by atoms with Crippen molar-refractivity contribution < 1.29 is 0 Å². The van der Waals surface area contributed by atoms with E-state index < -0.39 is 0 Å². The van der Waals surface area contributed by atoms with E-state index in [0.717, 1.165) is 0 Å². The van der Waals surface area contributed by atoms with Crippen molar-refractivity contribution in [2.24, 2.45) is 0 Å². The Morgan fingerprint density at radius 2 is 1.23 bits per heavy atom. The second kappa shape index (κ2) is 5.74. The normalized spacial score (nSPS) is 12.2. The number of aryl methyl sites for hydroxylation is 3. The monoisotopic (exact) mass is 341 g/mol. The van der Waals surface area contributed by atoms with Gasteiger partial charge in [0.25, 0.3) is 0 Å². The molecule has 0 atom stereocenters. The Morgan fingerprint density at radius 3 is 1.73 bits per heavy atom. The zero-order valence-corrected chi connectivity index (χ0v) is 16.6. The van der Waals surface area contributed by atoms with Crippen LogP contribution < -0.4 is 0 Å². The lowest BCUT2D eigenvalue weighted by atomic mass is 9.82. The highest BCUT2D eigenvalue weighted by molar-refractivity contribution is 6.09. The van der Waals surface area contributed by atoms with Crippen LogP contribution in [0.5, 0.6) is 0 Å². The second-order valence-corrected chi connectivity index (χ2v) is 8.60. The molecule has 3 aromatic carbocycles. The zero-order chi connectivity index (χ0) is 18.6. The number of rotatable bonds is 1. The molecule has 1 nitrogen and oxygen atoms in total. The van der Waals surface area contributed by atoms with E-state index in [1.54, 1.807) is 0 Å². The molecule has 0 spiro atoms. The number of fused-ring (bicyclic) bond motifs is 3. The quantitative estimate of drug-likeness (QED) is 0.351. The van der Waals surface area contributed by atoms with Gasteiger partial charge < -0.3 is 4.57 Å². The Bertz CT molecular complexity index is 1080. The van der Waals surface area contributed by atoms with Gasteiger partial charge in [0.2, 0.25) is 0 Å². The molecule has 0 saturated carbocycles. The summed E-state index contributed by atoms with van der Waals surface area (Å²) >= 11 is 0. The van der Waals surface area contributed by atoms with Gasteiger partial charge in [-0.3, -0.25) is 0 Å². The zero-order valence-electron chi connectivity index (χ0n) is 16.6. The van der Waals surface area contributed by atoms with Crippen LogP contribution in [0.25, 0.3) is 27.5 Å². The third kappa shape index (κ3) is 2.54. The summed E-state index contributed by atoms with van der Waals surface area (Å²) in [5, 5.41) is 2.68. The molecule has 0 radical (unpaired) electrons. The fourth-order valence-electron chi connectivity index (χ4n) is 4.32. The van der Waals surface area contributed by atoms with Gasteiger partial charge >= 0.3 is 0 Å². The molecule has 0 amide bonds. The third-order valence-corrected chi connectivity index (χ3v) is 5.32. The molecule has 0 N–H and O–H groups in total. The summed E-state index contributed by atoms with van der Waals surface area (Å²) in [5.74, 6) is 0. The summed E-state index contributed by atoms with van der Waals surface area (Å²) in [4.78, 5) is 0. The molecule has 4 aromatic rings. The Hall–Kier alpha value is -2.54. The van der Waals surface area contributed by atoms with E-state index in [1.807, 2.05) is 0 Å². The van der Waals surface area contributed by atoms with Crippen molar-refractivity contribution in [1.29, 1.82) is 0 Å². The summed E-state index contributed by atoms with van der Waals surface area (Å²) in [5.41, 5.74) is 9.32. The molecule has 0 unspecified atom stereocenters. The Balaban J connectivity index is 2.21. The van der Waals surface area contributed by atoms with E-state index in [0.29, 0.717) is 0 Å². The van der Waals surface area contributed by atoms with Crippen molar-refractivity contribution >= 4 is 21.8 Å². The largest absolute Gasteiger partial charge is 0.309 e. The first-order valence-corrected chi connectivity index (χ1v) is 9.39. The van der Waals surface area contributed by atoms with Crippen LogP contribution in [-0.4, -0.2) is 4.57 Å². The lowest BCUT2D eigenvalue weighted by Gasteiger charge is -2.26. The van der Waals surface area contributed by atoms with Crippen molar-refractivity contribution in [2.75, 3.05) is 0 Å². The first kappa shape index (κ1) is 16.9. The minimum Gasteiger partial charge on any atom is -0.309 e. The molecule has 1 heterocycles. The molecule has 132 valence electrons. The summed E-state index contributed by atoms with van der Waals surface area (Å²) in [7, 11) is 0. The molecule has 0 aliphatic heterocycles. The van der Waals surface area contributed by atoms with Crippen molar-refractivity contribution in [2.45, 2.75) is 47.0 Å². The highest BCUT2D eigenvalue weighted by Gasteiger charge is 2.23. The number of aromatic nitrogens is 1. The lowest BCUT2D eigenvalue weighted by Crippen LogP contribution is -2.17. The summed E-state index contributed by atoms with van der Waals surface area (Å²) in [6.45, 7) is 13.5. The number of nitrogens with zero attached hydrogens (tertiary/aromatic N) is 1. The van der Waals surface area contributed by atoms with Crippen molar-refractivity contribution in [3.63, 3.8) is 0 Å². The van der Waals surface area contributed by atoms with Crippen LogP contribution in [0.3, 0.4) is 0 Å². The van der Waals surface area contributed by atoms with Crippen molar-refractivity contribution in [3.8, 4) is 5.69 Å². The molecule has 0 aliphatic rings. The van der Waals surface area contributed by atoms with Crippen LogP contribution in [0.4, 0.5) is 0 Å². The van der Waals surface area contributed by atoms with Crippen molar-refractivity contribution in [3.05, 3.63) is 76.9 Å². The maximum absolute atomic E-state index is 2.46. The fraction of sp³-hybridized carbons (Fsp3) is 0.280. The van der Waals surface area contributed by atoms with Gasteiger partial charge in [-0.25, -0.2) is 0 Å². The van der Waals surface area contributed by atoms with Gasteiger partial charge in [-0.1, -0.05) is 56.2 Å². The molecule has 4 rings (SSSR count). The molecule has 0 fully saturated rings. The highest BCUT2D eigenvalue weighted by Crippen LogP contribution is 2.38. The van der Waals surface area contributed by atoms with Gasteiger partial charge in [0.15, 0.2) is 0 Å². The van der Waals surface area contributed by atoms with Crippen LogP contribution >= 0.6 is 0 Å². The molecular weight excluding hydrogens is 314 g/mol. The van der Waals surface area contributed by atoms with Gasteiger partial charge in [-0.15, -0.1) is 0 Å². The molecule has 26 heavy (non-hydrogen) atoms. The topological polar surface area (TPSA) is 4.93 Å². The standard InChI is InChI=1S/C25H27N/c1-16-10-12-21-19(14-16)20-15-17(2)11-13-22(20)26(21)23-9-7-8-18(3)24(23)25(4,5)6/h7-15H,1-6H3. The second-order valence-electron chi connectivity index (χ2n) is 8.60. The van der Waals surface area contributed by atoms with Crippen molar-refractivity contribution in [1.82, 2.24) is 4.57 Å². The van der Waals surface area contributed by atoms with Crippen LogP contribution in [0.2, 0.25) is 0 Å². The summed E-state index contributed by atoms with van der Waals surface area (Å²) in [6.07, 6.45) is 0. The molecule has 0 saturated heterocycles. The molecule has 0 aliphatic carbocycles. The van der Waals surface area contributed by atoms with Gasteiger partial charge in [-0.05, 0) is 67.6 Å². The van der Waals surface area contributed by atoms with Crippen LogP contribution in [0, 0.1) is 20.8 Å². The predicted molar refractivity (Wildman–Crippen MR) is 114 cm³/mol.